The van der Waals surface area contributed by atoms with Crippen LogP contribution in [0.2, 0.25) is 0 Å². The average Bonchev–Trinajstić information content (AvgIpc) is 3.22. The van der Waals surface area contributed by atoms with Crippen LogP contribution in [0.5, 0.6) is 5.75 Å². The number of non-ortho nitro benzene ring substituents is 1. The van der Waals surface area contributed by atoms with Gasteiger partial charge in [0.2, 0.25) is 11.8 Å². The summed E-state index contributed by atoms with van der Waals surface area (Å²) < 4.78 is 11.1. The third-order valence-corrected chi connectivity index (χ3v) is 4.71. The van der Waals surface area contributed by atoms with Gasteiger partial charge in [-0.1, -0.05) is 24.3 Å². The molecular weight excluding hydrogens is 358 g/mol. The molecular formula is C21H17N3O4. The quantitative estimate of drug-likeness (QED) is 0.362. The highest BCUT2D eigenvalue weighted by atomic mass is 16.6. The Balaban J connectivity index is 1.61. The van der Waals surface area contributed by atoms with Gasteiger partial charge in [-0.3, -0.25) is 10.1 Å². The lowest BCUT2D eigenvalue weighted by Gasteiger charge is -2.09. The van der Waals surface area contributed by atoms with E-state index in [1.165, 1.54) is 12.1 Å². The predicted molar refractivity (Wildman–Crippen MR) is 104 cm³/mol. The lowest BCUT2D eigenvalue weighted by molar-refractivity contribution is -0.384. The van der Waals surface area contributed by atoms with Gasteiger partial charge in [0.25, 0.3) is 5.69 Å². The van der Waals surface area contributed by atoms with Gasteiger partial charge in [-0.2, -0.15) is 0 Å². The molecule has 1 unspecified atom stereocenters. The Labute approximate surface area is 160 Å². The van der Waals surface area contributed by atoms with Crippen molar-refractivity contribution in [2.45, 2.75) is 12.8 Å². The van der Waals surface area contributed by atoms with Crippen molar-refractivity contribution < 1.29 is 14.1 Å². The molecule has 1 heterocycles. The molecule has 0 saturated carbocycles. The van der Waals surface area contributed by atoms with E-state index >= 15 is 0 Å². The van der Waals surface area contributed by atoms with Gasteiger partial charge in [0, 0.05) is 17.7 Å². The van der Waals surface area contributed by atoms with E-state index in [-0.39, 0.29) is 11.6 Å². The molecule has 0 radical (unpaired) electrons. The van der Waals surface area contributed by atoms with Crippen molar-refractivity contribution in [3.63, 3.8) is 0 Å². The third kappa shape index (κ3) is 3.29. The maximum Gasteiger partial charge on any atom is 0.269 e. The Morgan fingerprint density at radius 2 is 1.71 bits per heavy atom. The highest BCUT2D eigenvalue weighted by Gasteiger charge is 2.18. The second-order valence-electron chi connectivity index (χ2n) is 6.44. The molecule has 3 aromatic carbocycles. The second kappa shape index (κ2) is 7.11. The van der Waals surface area contributed by atoms with Crippen molar-refractivity contribution in [3.8, 4) is 17.2 Å². The van der Waals surface area contributed by atoms with Crippen LogP contribution < -0.4 is 4.74 Å². The largest absolute Gasteiger partial charge is 0.497 e. The number of rotatable bonds is 5. The molecule has 0 N–H and O–H groups in total. The van der Waals surface area contributed by atoms with Crippen LogP contribution in [0.1, 0.15) is 24.3 Å². The van der Waals surface area contributed by atoms with Gasteiger partial charge in [0.1, 0.15) is 5.75 Å². The lowest BCUT2D eigenvalue weighted by Crippen LogP contribution is -1.96. The first-order valence-electron chi connectivity index (χ1n) is 8.71. The summed E-state index contributed by atoms with van der Waals surface area (Å²) in [5.74, 6) is 1.55. The van der Waals surface area contributed by atoms with Crippen LogP contribution in [-0.4, -0.2) is 22.2 Å². The number of nitrogens with zero attached hydrogens (tertiary/aromatic N) is 3. The number of fused-ring (bicyclic) bond motifs is 1. The molecule has 0 fully saturated rings. The second-order valence-corrected chi connectivity index (χ2v) is 6.44. The number of benzene rings is 3. The van der Waals surface area contributed by atoms with E-state index in [4.69, 9.17) is 9.15 Å². The Hall–Kier alpha value is -3.74. The molecule has 4 aromatic rings. The van der Waals surface area contributed by atoms with Gasteiger partial charge < -0.3 is 9.15 Å². The van der Waals surface area contributed by atoms with Gasteiger partial charge in [0.05, 0.1) is 18.0 Å². The summed E-state index contributed by atoms with van der Waals surface area (Å²) in [5.41, 5.74) is 1.71. The highest BCUT2D eigenvalue weighted by molar-refractivity contribution is 5.84. The molecule has 0 amide bonds. The molecule has 7 heteroatoms. The number of hydrogen-bond donors (Lipinski definition) is 0. The number of nitro groups is 1. The summed E-state index contributed by atoms with van der Waals surface area (Å²) in [6.07, 6.45) is 0. The van der Waals surface area contributed by atoms with Crippen molar-refractivity contribution in [3.05, 3.63) is 82.2 Å². The monoisotopic (exact) mass is 375 g/mol. The molecule has 1 atom stereocenters. The van der Waals surface area contributed by atoms with E-state index in [2.05, 4.69) is 16.3 Å². The van der Waals surface area contributed by atoms with Crippen LogP contribution in [-0.2, 0) is 0 Å². The SMILES string of the molecule is COc1ccc2cc(C(C)c3nnc(-c4ccc([N+](=O)[O-])cc4)o3)ccc2c1. The van der Waals surface area contributed by atoms with Crippen molar-refractivity contribution in [2.75, 3.05) is 7.11 Å². The number of ether oxygens (including phenoxy) is 1. The molecule has 0 aliphatic rings. The van der Waals surface area contributed by atoms with E-state index in [0.29, 0.717) is 17.3 Å². The topological polar surface area (TPSA) is 91.3 Å². The minimum Gasteiger partial charge on any atom is -0.497 e. The fraction of sp³-hybridized carbons (Fsp3) is 0.143. The highest BCUT2D eigenvalue weighted by Crippen LogP contribution is 2.30. The van der Waals surface area contributed by atoms with Crippen molar-refractivity contribution >= 4 is 16.5 Å². The zero-order chi connectivity index (χ0) is 19.7. The van der Waals surface area contributed by atoms with Gasteiger partial charge in [-0.05, 0) is 47.5 Å². The lowest BCUT2D eigenvalue weighted by atomic mass is 9.97. The zero-order valence-electron chi connectivity index (χ0n) is 15.3. The van der Waals surface area contributed by atoms with Crippen LogP contribution in [0.15, 0.2) is 65.1 Å². The van der Waals surface area contributed by atoms with E-state index in [1.54, 1.807) is 19.2 Å². The minimum atomic E-state index is -0.444. The fourth-order valence-electron chi connectivity index (χ4n) is 3.03. The van der Waals surface area contributed by atoms with E-state index < -0.39 is 4.92 Å². The van der Waals surface area contributed by atoms with Crippen LogP contribution in [0.3, 0.4) is 0 Å². The van der Waals surface area contributed by atoms with E-state index in [1.807, 2.05) is 37.3 Å². The van der Waals surface area contributed by atoms with Crippen molar-refractivity contribution in [1.29, 1.82) is 0 Å². The number of aromatic nitrogens is 2. The standard InChI is InChI=1S/C21H17N3O4/c1-13(15-3-4-17-12-19(27-2)10-7-16(17)11-15)20-22-23-21(28-20)14-5-8-18(9-6-14)24(25)26/h3-13H,1-2H3. The van der Waals surface area contributed by atoms with Crippen LogP contribution >= 0.6 is 0 Å². The van der Waals surface area contributed by atoms with Gasteiger partial charge in [0.15, 0.2) is 0 Å². The average molecular weight is 375 g/mol. The van der Waals surface area contributed by atoms with Crippen LogP contribution in [0.4, 0.5) is 5.69 Å². The minimum absolute atomic E-state index is 0.0182. The predicted octanol–water partition coefficient (Wildman–Crippen LogP) is 4.96. The summed E-state index contributed by atoms with van der Waals surface area (Å²) in [4.78, 5) is 10.3. The van der Waals surface area contributed by atoms with Crippen molar-refractivity contribution in [1.82, 2.24) is 10.2 Å². The summed E-state index contributed by atoms with van der Waals surface area (Å²) in [5, 5.41) is 21.2. The normalized spacial score (nSPS) is 12.1. The zero-order valence-corrected chi connectivity index (χ0v) is 15.3. The Bertz CT molecular complexity index is 1150. The molecule has 0 saturated heterocycles. The van der Waals surface area contributed by atoms with E-state index in [0.717, 1.165) is 22.1 Å². The molecule has 0 bridgehead atoms. The number of hydrogen-bond acceptors (Lipinski definition) is 6. The summed E-state index contributed by atoms with van der Waals surface area (Å²) in [6, 6.07) is 18.1. The van der Waals surface area contributed by atoms with Gasteiger partial charge in [-0.15, -0.1) is 10.2 Å². The number of nitro benzene ring substituents is 1. The maximum atomic E-state index is 10.8. The summed E-state index contributed by atoms with van der Waals surface area (Å²) in [7, 11) is 1.65. The van der Waals surface area contributed by atoms with Gasteiger partial charge in [-0.25, -0.2) is 0 Å². The number of methoxy groups -OCH3 is 1. The summed E-state index contributed by atoms with van der Waals surface area (Å²) in [6.45, 7) is 2.00. The molecule has 140 valence electrons. The maximum absolute atomic E-state index is 10.8. The molecule has 1 aromatic heterocycles. The van der Waals surface area contributed by atoms with Crippen LogP contribution in [0, 0.1) is 10.1 Å². The summed E-state index contributed by atoms with van der Waals surface area (Å²) >= 11 is 0. The molecule has 0 aliphatic heterocycles. The first-order chi connectivity index (χ1) is 13.5. The molecule has 0 aliphatic carbocycles. The molecule has 0 spiro atoms. The fourth-order valence-corrected chi connectivity index (χ4v) is 3.03. The van der Waals surface area contributed by atoms with Crippen molar-refractivity contribution in [2.24, 2.45) is 0 Å². The Morgan fingerprint density at radius 1 is 1.00 bits per heavy atom. The van der Waals surface area contributed by atoms with E-state index in [9.17, 15) is 10.1 Å². The molecule has 4 rings (SSSR count). The first kappa shape index (κ1) is 17.7. The molecule has 28 heavy (non-hydrogen) atoms. The Morgan fingerprint density at radius 3 is 2.43 bits per heavy atom. The third-order valence-electron chi connectivity index (χ3n) is 4.71. The smallest absolute Gasteiger partial charge is 0.269 e. The van der Waals surface area contributed by atoms with Crippen LogP contribution in [0.25, 0.3) is 22.2 Å². The molecule has 7 nitrogen and oxygen atoms in total. The Kier molecular flexibility index (Phi) is 4.49. The van der Waals surface area contributed by atoms with Gasteiger partial charge >= 0.3 is 0 Å². The first-order valence-corrected chi connectivity index (χ1v) is 8.71.